The van der Waals surface area contributed by atoms with E-state index in [4.69, 9.17) is 4.99 Å². The zero-order chi connectivity index (χ0) is 18.2. The van der Waals surface area contributed by atoms with E-state index in [9.17, 15) is 0 Å². The smallest absolute Gasteiger partial charge is 0.191 e. The molecule has 2 heterocycles. The third-order valence-corrected chi connectivity index (χ3v) is 5.64. The summed E-state index contributed by atoms with van der Waals surface area (Å²) in [4.78, 5) is 13.2. The van der Waals surface area contributed by atoms with E-state index in [1.807, 2.05) is 0 Å². The molecule has 0 saturated carbocycles. The van der Waals surface area contributed by atoms with Crippen LogP contribution in [-0.4, -0.2) is 54.6 Å². The van der Waals surface area contributed by atoms with Gasteiger partial charge in [-0.05, 0) is 39.5 Å². The van der Waals surface area contributed by atoms with Crippen LogP contribution in [-0.2, 0) is 6.42 Å². The van der Waals surface area contributed by atoms with Crippen molar-refractivity contribution in [3.05, 3.63) is 15.6 Å². The molecule has 0 bridgehead atoms. The Morgan fingerprint density at radius 2 is 2.04 bits per heavy atom. The molecule has 0 unspecified atom stereocenters. The summed E-state index contributed by atoms with van der Waals surface area (Å²) in [5.74, 6) is 1.71. The molecule has 1 fully saturated rings. The summed E-state index contributed by atoms with van der Waals surface area (Å²) in [5, 5.41) is 8.18. The average Bonchev–Trinajstić information content (AvgIpc) is 2.86. The molecule has 0 amide bonds. The number of piperidine rings is 1. The number of likely N-dealkylation sites (tertiary alicyclic amines) is 1. The molecule has 1 aromatic rings. The van der Waals surface area contributed by atoms with Crippen molar-refractivity contribution < 1.29 is 0 Å². The molecule has 0 atom stereocenters. The normalized spacial score (nSPS) is 17.3. The van der Waals surface area contributed by atoms with Gasteiger partial charge in [0, 0.05) is 50.1 Å². The van der Waals surface area contributed by atoms with Gasteiger partial charge >= 0.3 is 0 Å². The molecule has 1 aromatic heterocycles. The minimum Gasteiger partial charge on any atom is -0.357 e. The number of hydrogen-bond acceptors (Lipinski definition) is 4. The number of nitrogens with zero attached hydrogens (tertiary/aromatic N) is 3. The number of aryl methyl sites for hydroxylation is 2. The minimum atomic E-state index is 0.536. The van der Waals surface area contributed by atoms with E-state index in [1.54, 1.807) is 11.3 Å². The zero-order valence-corrected chi connectivity index (χ0v) is 17.4. The van der Waals surface area contributed by atoms with E-state index in [2.05, 4.69) is 55.1 Å². The Bertz CT molecular complexity index is 544. The summed E-state index contributed by atoms with van der Waals surface area (Å²) in [6.45, 7) is 16.2. The first-order valence-electron chi connectivity index (χ1n) is 9.68. The van der Waals surface area contributed by atoms with Gasteiger partial charge in [0.15, 0.2) is 5.96 Å². The lowest BCUT2D eigenvalue weighted by Crippen LogP contribution is -2.49. The fourth-order valence-electron chi connectivity index (χ4n) is 3.36. The molecule has 2 rings (SSSR count). The Morgan fingerprint density at radius 3 is 2.60 bits per heavy atom. The fraction of sp³-hybridized carbons (Fsp3) is 0.789. The lowest BCUT2D eigenvalue weighted by Gasteiger charge is -2.34. The van der Waals surface area contributed by atoms with E-state index < -0.39 is 0 Å². The number of thiazole rings is 1. The second-order valence-corrected chi connectivity index (χ2v) is 8.65. The van der Waals surface area contributed by atoms with Crippen molar-refractivity contribution in [2.24, 2.45) is 10.9 Å². The average molecular weight is 366 g/mol. The van der Waals surface area contributed by atoms with Gasteiger partial charge < -0.3 is 15.5 Å². The molecule has 142 valence electrons. The lowest BCUT2D eigenvalue weighted by molar-refractivity contribution is 0.187. The molecule has 2 N–H and O–H groups in total. The van der Waals surface area contributed by atoms with Crippen LogP contribution in [0.4, 0.5) is 0 Å². The van der Waals surface area contributed by atoms with Crippen LogP contribution in [0.5, 0.6) is 0 Å². The van der Waals surface area contributed by atoms with Crippen LogP contribution < -0.4 is 10.6 Å². The summed E-state index contributed by atoms with van der Waals surface area (Å²) in [6.07, 6.45) is 3.37. The first-order valence-corrected chi connectivity index (χ1v) is 10.5. The van der Waals surface area contributed by atoms with Crippen LogP contribution in [0, 0.1) is 19.8 Å². The van der Waals surface area contributed by atoms with Gasteiger partial charge in [0.2, 0.25) is 0 Å². The van der Waals surface area contributed by atoms with E-state index in [0.29, 0.717) is 6.04 Å². The summed E-state index contributed by atoms with van der Waals surface area (Å²) in [6, 6.07) is 0.536. The molecule has 0 spiro atoms. The standard InChI is InChI=1S/C19H35N5S/c1-6-20-19(21-10-7-18-15(4)22-16(5)25-18)23-17-8-11-24(12-9-17)13-14(2)3/h14,17H,6-13H2,1-5H3,(H2,20,21,23). The predicted molar refractivity (Wildman–Crippen MR) is 109 cm³/mol. The maximum Gasteiger partial charge on any atom is 0.191 e. The summed E-state index contributed by atoms with van der Waals surface area (Å²) in [5.41, 5.74) is 1.16. The van der Waals surface area contributed by atoms with E-state index in [-0.39, 0.29) is 0 Å². The Hall–Kier alpha value is -1.14. The largest absolute Gasteiger partial charge is 0.357 e. The molecule has 25 heavy (non-hydrogen) atoms. The van der Waals surface area contributed by atoms with E-state index in [1.165, 1.54) is 37.4 Å². The second-order valence-electron chi connectivity index (χ2n) is 7.37. The molecule has 0 radical (unpaired) electrons. The Morgan fingerprint density at radius 1 is 1.32 bits per heavy atom. The van der Waals surface area contributed by atoms with Gasteiger partial charge in [0.25, 0.3) is 0 Å². The second kappa shape index (κ2) is 10.1. The van der Waals surface area contributed by atoms with E-state index in [0.717, 1.165) is 42.1 Å². The first-order chi connectivity index (χ1) is 12.0. The highest BCUT2D eigenvalue weighted by atomic mass is 32.1. The summed E-state index contributed by atoms with van der Waals surface area (Å²) < 4.78 is 0. The highest BCUT2D eigenvalue weighted by Crippen LogP contribution is 2.17. The number of guanidine groups is 1. The van der Waals surface area contributed by atoms with Gasteiger partial charge in [-0.2, -0.15) is 0 Å². The molecule has 1 saturated heterocycles. The Labute approximate surface area is 157 Å². The van der Waals surface area contributed by atoms with Crippen LogP contribution in [0.2, 0.25) is 0 Å². The van der Waals surface area contributed by atoms with Gasteiger partial charge in [0.1, 0.15) is 0 Å². The number of aliphatic imine (C=N–C) groups is 1. The molecule has 0 aliphatic carbocycles. The molecular weight excluding hydrogens is 330 g/mol. The van der Waals surface area contributed by atoms with Crippen molar-refractivity contribution >= 4 is 17.3 Å². The molecule has 1 aliphatic rings. The van der Waals surface area contributed by atoms with E-state index >= 15 is 0 Å². The molecule has 0 aromatic carbocycles. The van der Waals surface area contributed by atoms with Crippen LogP contribution in [0.25, 0.3) is 0 Å². The first kappa shape index (κ1) is 20.2. The topological polar surface area (TPSA) is 52.6 Å². The zero-order valence-electron chi connectivity index (χ0n) is 16.6. The fourth-order valence-corrected chi connectivity index (χ4v) is 4.29. The Balaban J connectivity index is 1.81. The van der Waals surface area contributed by atoms with Crippen molar-refractivity contribution in [2.75, 3.05) is 32.7 Å². The van der Waals surface area contributed by atoms with Crippen molar-refractivity contribution in [1.82, 2.24) is 20.5 Å². The quantitative estimate of drug-likeness (QED) is 0.576. The van der Waals surface area contributed by atoms with Crippen molar-refractivity contribution in [3.8, 4) is 0 Å². The number of hydrogen-bond donors (Lipinski definition) is 2. The third kappa shape index (κ3) is 6.94. The van der Waals surface area contributed by atoms with Crippen molar-refractivity contribution in [2.45, 2.75) is 59.9 Å². The predicted octanol–water partition coefficient (Wildman–Crippen LogP) is 2.98. The van der Waals surface area contributed by atoms with Gasteiger partial charge in [-0.15, -0.1) is 11.3 Å². The SMILES string of the molecule is CCNC(=NCCc1sc(C)nc1C)NC1CCN(CC(C)C)CC1. The Kier molecular flexibility index (Phi) is 8.16. The van der Waals surface area contributed by atoms with Gasteiger partial charge in [-0.1, -0.05) is 13.8 Å². The maximum absolute atomic E-state index is 4.78. The van der Waals surface area contributed by atoms with Crippen LogP contribution in [0.15, 0.2) is 4.99 Å². The highest BCUT2D eigenvalue weighted by molar-refractivity contribution is 7.11. The molecule has 5 nitrogen and oxygen atoms in total. The summed E-state index contributed by atoms with van der Waals surface area (Å²) in [7, 11) is 0. The number of nitrogens with one attached hydrogen (secondary N) is 2. The van der Waals surface area contributed by atoms with Crippen LogP contribution in [0.3, 0.4) is 0 Å². The monoisotopic (exact) mass is 365 g/mol. The summed E-state index contributed by atoms with van der Waals surface area (Å²) >= 11 is 1.79. The molecular formula is C19H35N5S. The van der Waals surface area contributed by atoms with Crippen LogP contribution >= 0.6 is 11.3 Å². The number of aromatic nitrogens is 1. The third-order valence-electron chi connectivity index (χ3n) is 4.50. The van der Waals surface area contributed by atoms with Crippen LogP contribution in [0.1, 0.15) is 49.2 Å². The molecule has 6 heteroatoms. The van der Waals surface area contributed by atoms with Gasteiger partial charge in [-0.25, -0.2) is 4.98 Å². The van der Waals surface area contributed by atoms with Crippen molar-refractivity contribution in [3.63, 3.8) is 0 Å². The lowest BCUT2D eigenvalue weighted by atomic mass is 10.0. The minimum absolute atomic E-state index is 0.536. The van der Waals surface area contributed by atoms with Crippen molar-refractivity contribution in [1.29, 1.82) is 0 Å². The van der Waals surface area contributed by atoms with Gasteiger partial charge in [0.05, 0.1) is 10.7 Å². The maximum atomic E-state index is 4.78. The van der Waals surface area contributed by atoms with Gasteiger partial charge in [-0.3, -0.25) is 4.99 Å². The highest BCUT2D eigenvalue weighted by Gasteiger charge is 2.20. The number of rotatable bonds is 7. The molecule has 1 aliphatic heterocycles.